The SMILES string of the molecule is CN=C(NCc1noc(C(C)(C)C)n1)NCC(C)Oc1ccccc1OC. The fourth-order valence-corrected chi connectivity index (χ4v) is 2.23. The van der Waals surface area contributed by atoms with Crippen LogP contribution in [0.1, 0.15) is 39.4 Å². The summed E-state index contributed by atoms with van der Waals surface area (Å²) in [5.41, 5.74) is -0.170. The molecular formula is C19H29N5O3. The molecule has 2 rings (SSSR count). The summed E-state index contributed by atoms with van der Waals surface area (Å²) in [4.78, 5) is 8.60. The first-order valence-corrected chi connectivity index (χ1v) is 8.90. The maximum absolute atomic E-state index is 5.92. The van der Waals surface area contributed by atoms with Crippen molar-refractivity contribution in [1.29, 1.82) is 0 Å². The van der Waals surface area contributed by atoms with Crippen molar-refractivity contribution in [3.05, 3.63) is 36.0 Å². The van der Waals surface area contributed by atoms with Gasteiger partial charge in [-0.1, -0.05) is 38.1 Å². The van der Waals surface area contributed by atoms with Crippen molar-refractivity contribution in [2.24, 2.45) is 4.99 Å². The van der Waals surface area contributed by atoms with Crippen molar-refractivity contribution in [2.75, 3.05) is 20.7 Å². The number of nitrogens with zero attached hydrogens (tertiary/aromatic N) is 3. The van der Waals surface area contributed by atoms with E-state index in [0.717, 1.165) is 0 Å². The van der Waals surface area contributed by atoms with E-state index in [-0.39, 0.29) is 11.5 Å². The van der Waals surface area contributed by atoms with Crippen LogP contribution in [0.3, 0.4) is 0 Å². The Morgan fingerprint density at radius 3 is 2.52 bits per heavy atom. The molecule has 0 bridgehead atoms. The van der Waals surface area contributed by atoms with Gasteiger partial charge < -0.3 is 24.6 Å². The second-order valence-electron chi connectivity index (χ2n) is 7.15. The Morgan fingerprint density at radius 1 is 1.22 bits per heavy atom. The number of hydrogen-bond acceptors (Lipinski definition) is 6. The van der Waals surface area contributed by atoms with Crippen LogP contribution >= 0.6 is 0 Å². The molecule has 2 aromatic rings. The second kappa shape index (κ2) is 9.25. The Kier molecular flexibility index (Phi) is 7.04. The average Bonchev–Trinajstić information content (AvgIpc) is 3.12. The molecule has 0 amide bonds. The van der Waals surface area contributed by atoms with E-state index in [4.69, 9.17) is 14.0 Å². The van der Waals surface area contributed by atoms with Crippen molar-refractivity contribution < 1.29 is 14.0 Å². The zero-order valence-electron chi connectivity index (χ0n) is 16.9. The van der Waals surface area contributed by atoms with E-state index in [1.54, 1.807) is 14.2 Å². The quantitative estimate of drug-likeness (QED) is 0.567. The molecule has 0 aliphatic heterocycles. The van der Waals surface area contributed by atoms with E-state index >= 15 is 0 Å². The second-order valence-corrected chi connectivity index (χ2v) is 7.15. The first-order valence-electron chi connectivity index (χ1n) is 8.90. The van der Waals surface area contributed by atoms with E-state index in [1.807, 2.05) is 52.0 Å². The van der Waals surface area contributed by atoms with Crippen LogP contribution in [-0.2, 0) is 12.0 Å². The minimum absolute atomic E-state index is 0.0856. The van der Waals surface area contributed by atoms with Crippen LogP contribution in [0.5, 0.6) is 11.5 Å². The highest BCUT2D eigenvalue weighted by Gasteiger charge is 2.21. The normalized spacial score (nSPS) is 13.2. The van der Waals surface area contributed by atoms with Gasteiger partial charge in [0.15, 0.2) is 23.3 Å². The third-order valence-corrected chi connectivity index (χ3v) is 3.70. The third kappa shape index (κ3) is 6.16. The molecule has 1 atom stereocenters. The van der Waals surface area contributed by atoms with Gasteiger partial charge in [0, 0.05) is 12.5 Å². The molecule has 1 aromatic carbocycles. The molecule has 0 radical (unpaired) electrons. The number of rotatable bonds is 7. The van der Waals surface area contributed by atoms with E-state index in [1.165, 1.54) is 0 Å². The fraction of sp³-hybridized carbons (Fsp3) is 0.526. The minimum Gasteiger partial charge on any atom is -0.493 e. The summed E-state index contributed by atoms with van der Waals surface area (Å²) in [6.07, 6.45) is -0.0856. The van der Waals surface area contributed by atoms with Crippen LogP contribution in [-0.4, -0.2) is 42.9 Å². The number of guanidine groups is 1. The third-order valence-electron chi connectivity index (χ3n) is 3.70. The summed E-state index contributed by atoms with van der Waals surface area (Å²) in [5, 5.41) is 10.4. The van der Waals surface area contributed by atoms with Crippen molar-refractivity contribution in [3.63, 3.8) is 0 Å². The molecule has 0 aliphatic carbocycles. The summed E-state index contributed by atoms with van der Waals surface area (Å²) in [6.45, 7) is 9.05. The van der Waals surface area contributed by atoms with Crippen LogP contribution < -0.4 is 20.1 Å². The number of aliphatic imine (C=N–C) groups is 1. The van der Waals surface area contributed by atoms with E-state index in [2.05, 4.69) is 25.8 Å². The number of para-hydroxylation sites is 2. The molecule has 1 aromatic heterocycles. The standard InChI is InChI=1S/C19H29N5O3/c1-13(26-15-10-8-7-9-14(15)25-6)11-21-18(20-5)22-12-16-23-17(27-24-16)19(2,3)4/h7-10,13H,11-12H2,1-6H3,(H2,20,21,22). The Hall–Kier alpha value is -2.77. The lowest BCUT2D eigenvalue weighted by molar-refractivity contribution is 0.213. The molecule has 0 saturated carbocycles. The zero-order valence-corrected chi connectivity index (χ0v) is 16.9. The molecule has 0 aliphatic rings. The number of ether oxygens (including phenoxy) is 2. The molecular weight excluding hydrogens is 346 g/mol. The highest BCUT2D eigenvalue weighted by molar-refractivity contribution is 5.79. The average molecular weight is 375 g/mol. The van der Waals surface area contributed by atoms with Crippen LogP contribution in [0.15, 0.2) is 33.8 Å². The summed E-state index contributed by atoms with van der Waals surface area (Å²) in [7, 11) is 3.33. The van der Waals surface area contributed by atoms with Crippen LogP contribution in [0.2, 0.25) is 0 Å². The summed E-state index contributed by atoms with van der Waals surface area (Å²) < 4.78 is 16.5. The Balaban J connectivity index is 1.82. The van der Waals surface area contributed by atoms with E-state index in [0.29, 0.717) is 42.3 Å². The first kappa shape index (κ1) is 20.5. The van der Waals surface area contributed by atoms with Gasteiger partial charge in [0.05, 0.1) is 20.2 Å². The molecule has 148 valence electrons. The van der Waals surface area contributed by atoms with E-state index in [9.17, 15) is 0 Å². The monoisotopic (exact) mass is 375 g/mol. The first-order chi connectivity index (χ1) is 12.8. The maximum atomic E-state index is 5.92. The summed E-state index contributed by atoms with van der Waals surface area (Å²) in [6, 6.07) is 7.57. The Morgan fingerprint density at radius 2 is 1.93 bits per heavy atom. The fourth-order valence-electron chi connectivity index (χ4n) is 2.23. The highest BCUT2D eigenvalue weighted by Crippen LogP contribution is 2.26. The molecule has 0 saturated heterocycles. The number of hydrogen-bond donors (Lipinski definition) is 2. The Labute approximate surface area is 160 Å². The topological polar surface area (TPSA) is 93.8 Å². The van der Waals surface area contributed by atoms with Gasteiger partial charge in [-0.15, -0.1) is 0 Å². The van der Waals surface area contributed by atoms with Crippen molar-refractivity contribution in [1.82, 2.24) is 20.8 Å². The number of benzene rings is 1. The van der Waals surface area contributed by atoms with Gasteiger partial charge in [-0.2, -0.15) is 4.98 Å². The maximum Gasteiger partial charge on any atom is 0.232 e. The number of methoxy groups -OCH3 is 1. The van der Waals surface area contributed by atoms with Gasteiger partial charge in [0.1, 0.15) is 6.10 Å². The lowest BCUT2D eigenvalue weighted by Gasteiger charge is -2.18. The molecule has 8 heteroatoms. The minimum atomic E-state index is -0.170. The summed E-state index contributed by atoms with van der Waals surface area (Å²) in [5.74, 6) is 3.24. The smallest absolute Gasteiger partial charge is 0.232 e. The largest absolute Gasteiger partial charge is 0.493 e. The predicted octanol–water partition coefficient (Wildman–Crippen LogP) is 2.51. The molecule has 0 fully saturated rings. The molecule has 8 nitrogen and oxygen atoms in total. The van der Waals surface area contributed by atoms with Crippen LogP contribution in [0.4, 0.5) is 0 Å². The van der Waals surface area contributed by atoms with Crippen LogP contribution in [0.25, 0.3) is 0 Å². The van der Waals surface area contributed by atoms with Gasteiger partial charge in [-0.25, -0.2) is 0 Å². The predicted molar refractivity (Wildman–Crippen MR) is 104 cm³/mol. The van der Waals surface area contributed by atoms with Crippen molar-refractivity contribution in [3.8, 4) is 11.5 Å². The van der Waals surface area contributed by atoms with Crippen molar-refractivity contribution >= 4 is 5.96 Å². The van der Waals surface area contributed by atoms with Gasteiger partial charge in [-0.05, 0) is 19.1 Å². The highest BCUT2D eigenvalue weighted by atomic mass is 16.5. The van der Waals surface area contributed by atoms with Crippen LogP contribution in [0, 0.1) is 0 Å². The van der Waals surface area contributed by atoms with E-state index < -0.39 is 0 Å². The lowest BCUT2D eigenvalue weighted by atomic mass is 9.97. The number of nitrogens with one attached hydrogen (secondary N) is 2. The van der Waals surface area contributed by atoms with Crippen molar-refractivity contribution in [2.45, 2.75) is 45.8 Å². The molecule has 0 spiro atoms. The van der Waals surface area contributed by atoms with Gasteiger partial charge in [0.2, 0.25) is 5.89 Å². The van der Waals surface area contributed by atoms with Gasteiger partial charge in [-0.3, -0.25) is 4.99 Å². The lowest BCUT2D eigenvalue weighted by Crippen LogP contribution is -2.41. The van der Waals surface area contributed by atoms with Gasteiger partial charge >= 0.3 is 0 Å². The molecule has 1 unspecified atom stereocenters. The molecule has 2 N–H and O–H groups in total. The zero-order chi connectivity index (χ0) is 19.9. The molecule has 1 heterocycles. The molecule has 27 heavy (non-hydrogen) atoms. The van der Waals surface area contributed by atoms with Gasteiger partial charge in [0.25, 0.3) is 0 Å². The number of aromatic nitrogens is 2. The Bertz CT molecular complexity index is 752. The summed E-state index contributed by atoms with van der Waals surface area (Å²) >= 11 is 0.